The van der Waals surface area contributed by atoms with Gasteiger partial charge in [0.25, 0.3) is 0 Å². The van der Waals surface area contributed by atoms with Gasteiger partial charge < -0.3 is 20.5 Å². The van der Waals surface area contributed by atoms with Gasteiger partial charge in [0.2, 0.25) is 0 Å². The molecular weight excluding hydrogens is 308 g/mol. The Labute approximate surface area is 140 Å². The van der Waals surface area contributed by atoms with Crippen molar-refractivity contribution in [2.75, 3.05) is 19.0 Å². The number of hydrogen-bond donors (Lipinski definition) is 3. The largest absolute Gasteiger partial charge is 0.506 e. The molecule has 2 amide bonds. The Kier molecular flexibility index (Phi) is 5.78. The highest BCUT2D eigenvalue weighted by molar-refractivity contribution is 6.39. The average molecular weight is 328 g/mol. The van der Waals surface area contributed by atoms with E-state index in [9.17, 15) is 14.7 Å². The van der Waals surface area contributed by atoms with Crippen LogP contribution in [-0.4, -0.2) is 30.6 Å². The lowest BCUT2D eigenvalue weighted by atomic mass is 10.1. The van der Waals surface area contributed by atoms with E-state index in [1.54, 1.807) is 19.2 Å². The summed E-state index contributed by atoms with van der Waals surface area (Å²) in [6, 6.07) is 12.2. The number of phenolic OH excluding ortho intramolecular Hbond substituents is 1. The van der Waals surface area contributed by atoms with Gasteiger partial charge in [-0.05, 0) is 48.7 Å². The van der Waals surface area contributed by atoms with E-state index in [1.165, 1.54) is 6.07 Å². The lowest BCUT2D eigenvalue weighted by Gasteiger charge is -2.09. The minimum absolute atomic E-state index is 0.0833. The Balaban J connectivity index is 1.83. The molecule has 0 saturated heterocycles. The summed E-state index contributed by atoms with van der Waals surface area (Å²) in [5.41, 5.74) is 2.10. The molecule has 2 aromatic carbocycles. The predicted octanol–water partition coefficient (Wildman–Crippen LogP) is 2.01. The molecule has 0 atom stereocenters. The monoisotopic (exact) mass is 328 g/mol. The molecule has 126 valence electrons. The number of anilines is 1. The molecule has 0 saturated carbocycles. The van der Waals surface area contributed by atoms with Gasteiger partial charge in [0.1, 0.15) is 11.5 Å². The van der Waals surface area contributed by atoms with Crippen LogP contribution in [-0.2, 0) is 16.0 Å². The molecule has 3 N–H and O–H groups in total. The number of nitrogens with one attached hydrogen (secondary N) is 2. The van der Waals surface area contributed by atoms with Crippen molar-refractivity contribution in [2.24, 2.45) is 0 Å². The average Bonchev–Trinajstić information content (AvgIpc) is 2.58. The van der Waals surface area contributed by atoms with E-state index in [1.807, 2.05) is 31.2 Å². The Hall–Kier alpha value is -3.02. The summed E-state index contributed by atoms with van der Waals surface area (Å²) in [5.74, 6) is -0.879. The van der Waals surface area contributed by atoms with Crippen LogP contribution >= 0.6 is 0 Å². The molecule has 6 heteroatoms. The molecule has 0 aliphatic rings. The van der Waals surface area contributed by atoms with Crippen molar-refractivity contribution in [3.8, 4) is 11.5 Å². The number of hydrogen-bond acceptors (Lipinski definition) is 4. The molecule has 0 bridgehead atoms. The number of aromatic hydroxyl groups is 1. The van der Waals surface area contributed by atoms with E-state index in [4.69, 9.17) is 4.74 Å². The summed E-state index contributed by atoms with van der Waals surface area (Å²) in [6.45, 7) is 2.16. The fourth-order valence-corrected chi connectivity index (χ4v) is 2.12. The SMILES string of the molecule is COc1ccc(CCNC(=O)C(=O)Nc2cc(C)ccc2O)cc1. The standard InChI is InChI=1S/C18H20N2O4/c1-12-3-8-16(21)15(11-12)20-18(23)17(22)19-10-9-13-4-6-14(24-2)7-5-13/h3-8,11,21H,9-10H2,1-2H3,(H,19,22)(H,20,23). The van der Waals surface area contributed by atoms with Crippen LogP contribution in [0.15, 0.2) is 42.5 Å². The van der Waals surface area contributed by atoms with Gasteiger partial charge in [-0.2, -0.15) is 0 Å². The molecule has 6 nitrogen and oxygen atoms in total. The van der Waals surface area contributed by atoms with Crippen molar-refractivity contribution in [1.82, 2.24) is 5.32 Å². The summed E-state index contributed by atoms with van der Waals surface area (Å²) in [5, 5.41) is 14.6. The Morgan fingerprint density at radius 3 is 2.46 bits per heavy atom. The maximum absolute atomic E-state index is 11.9. The summed E-state index contributed by atoms with van der Waals surface area (Å²) < 4.78 is 5.07. The minimum Gasteiger partial charge on any atom is -0.506 e. The van der Waals surface area contributed by atoms with E-state index in [0.29, 0.717) is 13.0 Å². The van der Waals surface area contributed by atoms with Crippen LogP contribution in [0, 0.1) is 6.92 Å². The number of phenols is 1. The smallest absolute Gasteiger partial charge is 0.313 e. The highest BCUT2D eigenvalue weighted by Crippen LogP contribution is 2.23. The second-order valence-electron chi connectivity index (χ2n) is 5.33. The first-order chi connectivity index (χ1) is 11.5. The lowest BCUT2D eigenvalue weighted by Crippen LogP contribution is -2.36. The first-order valence-electron chi connectivity index (χ1n) is 7.51. The van der Waals surface area contributed by atoms with Gasteiger partial charge in [0.05, 0.1) is 12.8 Å². The maximum Gasteiger partial charge on any atom is 0.313 e. The van der Waals surface area contributed by atoms with Crippen LogP contribution in [0.5, 0.6) is 11.5 Å². The fraction of sp³-hybridized carbons (Fsp3) is 0.222. The predicted molar refractivity (Wildman–Crippen MR) is 91.2 cm³/mol. The summed E-state index contributed by atoms with van der Waals surface area (Å²) in [6.07, 6.45) is 0.596. The molecule has 0 unspecified atom stereocenters. The lowest BCUT2D eigenvalue weighted by molar-refractivity contribution is -0.136. The maximum atomic E-state index is 11.9. The minimum atomic E-state index is -0.814. The first kappa shape index (κ1) is 17.3. The molecular formula is C18H20N2O4. The second-order valence-corrected chi connectivity index (χ2v) is 5.33. The highest BCUT2D eigenvalue weighted by atomic mass is 16.5. The first-order valence-corrected chi connectivity index (χ1v) is 7.51. The molecule has 0 aromatic heterocycles. The third-order valence-electron chi connectivity index (χ3n) is 3.46. The number of carbonyl (C=O) groups excluding carboxylic acids is 2. The molecule has 0 aliphatic heterocycles. The van der Waals surface area contributed by atoms with Crippen molar-refractivity contribution >= 4 is 17.5 Å². The van der Waals surface area contributed by atoms with Crippen molar-refractivity contribution in [2.45, 2.75) is 13.3 Å². The van der Waals surface area contributed by atoms with Gasteiger partial charge >= 0.3 is 11.8 Å². The summed E-state index contributed by atoms with van der Waals surface area (Å²) >= 11 is 0. The van der Waals surface area contributed by atoms with E-state index >= 15 is 0 Å². The molecule has 0 spiro atoms. The van der Waals surface area contributed by atoms with Crippen LogP contribution < -0.4 is 15.4 Å². The molecule has 0 heterocycles. The second kappa shape index (κ2) is 8.01. The highest BCUT2D eigenvalue weighted by Gasteiger charge is 2.15. The Morgan fingerprint density at radius 2 is 1.79 bits per heavy atom. The zero-order chi connectivity index (χ0) is 17.5. The van der Waals surface area contributed by atoms with Crippen molar-refractivity contribution in [3.63, 3.8) is 0 Å². The number of amides is 2. The van der Waals surface area contributed by atoms with Gasteiger partial charge in [0, 0.05) is 6.54 Å². The molecule has 2 rings (SSSR count). The van der Waals surface area contributed by atoms with E-state index in [-0.39, 0.29) is 11.4 Å². The molecule has 0 aliphatic carbocycles. The third kappa shape index (κ3) is 4.74. The van der Waals surface area contributed by atoms with Crippen molar-refractivity contribution in [1.29, 1.82) is 0 Å². The van der Waals surface area contributed by atoms with E-state index in [0.717, 1.165) is 16.9 Å². The number of methoxy groups -OCH3 is 1. The molecule has 2 aromatic rings. The number of benzene rings is 2. The topological polar surface area (TPSA) is 87.7 Å². The van der Waals surface area contributed by atoms with Crippen LogP contribution in [0.1, 0.15) is 11.1 Å². The van der Waals surface area contributed by atoms with Gasteiger partial charge in [0.15, 0.2) is 0 Å². The summed E-state index contributed by atoms with van der Waals surface area (Å²) in [4.78, 5) is 23.7. The van der Waals surface area contributed by atoms with Crippen molar-refractivity contribution in [3.05, 3.63) is 53.6 Å². The van der Waals surface area contributed by atoms with Gasteiger partial charge in [-0.3, -0.25) is 9.59 Å². The van der Waals surface area contributed by atoms with Crippen LogP contribution in [0.25, 0.3) is 0 Å². The van der Waals surface area contributed by atoms with Crippen molar-refractivity contribution < 1.29 is 19.4 Å². The van der Waals surface area contributed by atoms with E-state index in [2.05, 4.69) is 10.6 Å². The summed E-state index contributed by atoms with van der Waals surface area (Å²) in [7, 11) is 1.60. The van der Waals surface area contributed by atoms with Gasteiger partial charge in [-0.25, -0.2) is 0 Å². The van der Waals surface area contributed by atoms with Crippen LogP contribution in [0.2, 0.25) is 0 Å². The van der Waals surface area contributed by atoms with Crippen LogP contribution in [0.4, 0.5) is 5.69 Å². The molecule has 0 fully saturated rings. The number of carbonyl (C=O) groups is 2. The number of aryl methyl sites for hydroxylation is 1. The normalized spacial score (nSPS) is 10.1. The molecule has 0 radical (unpaired) electrons. The van der Waals surface area contributed by atoms with Gasteiger partial charge in [-0.15, -0.1) is 0 Å². The Bertz CT molecular complexity index is 726. The Morgan fingerprint density at radius 1 is 1.08 bits per heavy atom. The third-order valence-corrected chi connectivity index (χ3v) is 3.46. The molecule has 24 heavy (non-hydrogen) atoms. The van der Waals surface area contributed by atoms with E-state index < -0.39 is 11.8 Å². The zero-order valence-corrected chi connectivity index (χ0v) is 13.6. The zero-order valence-electron chi connectivity index (χ0n) is 13.6. The van der Waals surface area contributed by atoms with Gasteiger partial charge in [-0.1, -0.05) is 18.2 Å². The quantitative estimate of drug-likeness (QED) is 0.579. The van der Waals surface area contributed by atoms with Crippen LogP contribution in [0.3, 0.4) is 0 Å². The number of ether oxygens (including phenoxy) is 1. The fourth-order valence-electron chi connectivity index (χ4n) is 2.12. The number of rotatable bonds is 5.